The molecule has 0 heterocycles. The molecular weight excluding hydrogens is 319 g/mol. The molecule has 0 fully saturated rings. The molecule has 0 saturated carbocycles. The largest absolute Gasteiger partial charge is 0.465 e. The molecule has 0 unspecified atom stereocenters. The van der Waals surface area contributed by atoms with Gasteiger partial charge in [0.1, 0.15) is 5.82 Å². The Morgan fingerprint density at radius 3 is 2.64 bits per heavy atom. The summed E-state index contributed by atoms with van der Waals surface area (Å²) in [6, 6.07) is 4.25. The molecule has 1 aromatic rings. The fraction of sp³-hybridized carbons (Fsp3) is 0.222. The number of rotatable bonds is 2. The number of carbonyl (C=O) groups is 1. The Morgan fingerprint density at radius 2 is 2.14 bits per heavy atom. The summed E-state index contributed by atoms with van der Waals surface area (Å²) in [6.07, 6.45) is 0. The van der Waals surface area contributed by atoms with Crippen LogP contribution in [-0.2, 0) is 4.74 Å². The van der Waals surface area contributed by atoms with Gasteiger partial charge in [-0.2, -0.15) is 0 Å². The number of hydrogen-bond acceptors (Lipinski definition) is 2. The first-order chi connectivity index (χ1) is 6.56. The second kappa shape index (κ2) is 4.89. The highest BCUT2D eigenvalue weighted by atomic mass is 79.9. The molecule has 0 saturated heterocycles. The first kappa shape index (κ1) is 11.7. The first-order valence-corrected chi connectivity index (χ1v) is 5.55. The maximum Gasteiger partial charge on any atom is 0.340 e. The van der Waals surface area contributed by atoms with Gasteiger partial charge in [0.05, 0.1) is 16.4 Å². The van der Waals surface area contributed by atoms with Crippen LogP contribution in [0.2, 0.25) is 0 Å². The molecule has 5 heteroatoms. The van der Waals surface area contributed by atoms with Gasteiger partial charge >= 0.3 is 5.97 Å². The fourth-order valence-corrected chi connectivity index (χ4v) is 1.51. The molecule has 14 heavy (non-hydrogen) atoms. The number of esters is 1. The van der Waals surface area contributed by atoms with Crippen molar-refractivity contribution in [3.63, 3.8) is 0 Å². The molecule has 0 aliphatic rings. The van der Waals surface area contributed by atoms with Crippen LogP contribution >= 0.6 is 31.9 Å². The van der Waals surface area contributed by atoms with E-state index in [0.717, 1.165) is 5.56 Å². The van der Waals surface area contributed by atoms with Gasteiger partial charge in [0.15, 0.2) is 0 Å². The second-order valence-electron chi connectivity index (χ2n) is 2.53. The van der Waals surface area contributed by atoms with Gasteiger partial charge in [-0.25, -0.2) is 9.18 Å². The topological polar surface area (TPSA) is 26.3 Å². The summed E-state index contributed by atoms with van der Waals surface area (Å²) in [5.41, 5.74) is 0.695. The van der Waals surface area contributed by atoms with E-state index in [9.17, 15) is 9.18 Å². The van der Waals surface area contributed by atoms with E-state index in [0.29, 0.717) is 0 Å². The molecule has 0 atom stereocenters. The van der Waals surface area contributed by atoms with Crippen molar-refractivity contribution in [3.8, 4) is 0 Å². The van der Waals surface area contributed by atoms with E-state index in [1.165, 1.54) is 19.2 Å². The number of halogens is 3. The number of alkyl halides is 2. The summed E-state index contributed by atoms with van der Waals surface area (Å²) in [6.45, 7) is 0. The molecule has 0 radical (unpaired) electrons. The Bertz CT molecular complexity index is 353. The molecule has 1 aromatic carbocycles. The lowest BCUT2D eigenvalue weighted by Crippen LogP contribution is -2.05. The first-order valence-electron chi connectivity index (χ1n) is 3.72. The lowest BCUT2D eigenvalue weighted by molar-refractivity contribution is 0.0595. The van der Waals surface area contributed by atoms with E-state index in [1.807, 2.05) is 0 Å². The van der Waals surface area contributed by atoms with E-state index in [2.05, 4.69) is 36.6 Å². The molecule has 0 aliphatic heterocycles. The van der Waals surface area contributed by atoms with Gasteiger partial charge in [-0.05, 0) is 17.7 Å². The highest BCUT2D eigenvalue weighted by molar-refractivity contribution is 9.24. The normalized spacial score (nSPS) is 10.4. The third kappa shape index (κ3) is 2.54. The molecule has 0 amide bonds. The molecule has 0 aromatic heterocycles. The van der Waals surface area contributed by atoms with Crippen LogP contribution in [0.4, 0.5) is 4.39 Å². The zero-order chi connectivity index (χ0) is 10.7. The van der Waals surface area contributed by atoms with Crippen LogP contribution in [0.1, 0.15) is 19.7 Å². The van der Waals surface area contributed by atoms with Crippen LogP contribution in [0.5, 0.6) is 0 Å². The average molecular weight is 326 g/mol. The Morgan fingerprint density at radius 1 is 1.50 bits per heavy atom. The van der Waals surface area contributed by atoms with Crippen molar-refractivity contribution >= 4 is 37.8 Å². The van der Waals surface area contributed by atoms with Crippen LogP contribution in [0, 0.1) is 5.82 Å². The van der Waals surface area contributed by atoms with Gasteiger partial charge < -0.3 is 4.74 Å². The van der Waals surface area contributed by atoms with Crippen molar-refractivity contribution in [2.75, 3.05) is 7.11 Å². The third-order valence-corrected chi connectivity index (χ3v) is 2.71. The molecule has 0 bridgehead atoms. The number of benzene rings is 1. The van der Waals surface area contributed by atoms with E-state index in [4.69, 9.17) is 0 Å². The van der Waals surface area contributed by atoms with E-state index < -0.39 is 11.8 Å². The van der Waals surface area contributed by atoms with Gasteiger partial charge in [-0.15, -0.1) is 0 Å². The Kier molecular flexibility index (Phi) is 4.07. The maximum absolute atomic E-state index is 13.1. The SMILES string of the molecule is COC(=O)c1cc(C(Br)Br)ccc1F. The minimum Gasteiger partial charge on any atom is -0.465 e. The van der Waals surface area contributed by atoms with E-state index in [1.54, 1.807) is 6.07 Å². The summed E-state index contributed by atoms with van der Waals surface area (Å²) in [5, 5.41) is 0. The van der Waals surface area contributed by atoms with Crippen LogP contribution in [-0.4, -0.2) is 13.1 Å². The monoisotopic (exact) mass is 324 g/mol. The van der Waals surface area contributed by atoms with Gasteiger partial charge in [-0.1, -0.05) is 37.9 Å². The number of hydrogen-bond donors (Lipinski definition) is 0. The lowest BCUT2D eigenvalue weighted by Gasteiger charge is -2.05. The highest BCUT2D eigenvalue weighted by Gasteiger charge is 2.14. The Hall–Kier alpha value is -0.420. The van der Waals surface area contributed by atoms with Crippen LogP contribution < -0.4 is 0 Å². The summed E-state index contributed by atoms with van der Waals surface area (Å²) in [5.74, 6) is -1.26. The van der Waals surface area contributed by atoms with Crippen molar-refractivity contribution in [1.29, 1.82) is 0 Å². The molecule has 0 N–H and O–H groups in total. The molecule has 0 aliphatic carbocycles. The van der Waals surface area contributed by atoms with Gasteiger partial charge in [-0.3, -0.25) is 0 Å². The van der Waals surface area contributed by atoms with Gasteiger partial charge in [0, 0.05) is 0 Å². The lowest BCUT2D eigenvalue weighted by atomic mass is 10.1. The minimum absolute atomic E-state index is 0.0612. The molecular formula is C9H7Br2FO2. The number of ether oxygens (including phenoxy) is 1. The van der Waals surface area contributed by atoms with Crippen molar-refractivity contribution in [3.05, 3.63) is 35.1 Å². The van der Waals surface area contributed by atoms with Crippen molar-refractivity contribution in [1.82, 2.24) is 0 Å². The highest BCUT2D eigenvalue weighted by Crippen LogP contribution is 2.30. The Labute approximate surface area is 97.7 Å². The minimum atomic E-state index is -0.676. The number of carbonyl (C=O) groups excluding carboxylic acids is 1. The number of methoxy groups -OCH3 is 1. The molecule has 1 rings (SSSR count). The zero-order valence-corrected chi connectivity index (χ0v) is 10.4. The summed E-state index contributed by atoms with van der Waals surface area (Å²) in [7, 11) is 1.22. The quantitative estimate of drug-likeness (QED) is 0.615. The standard InChI is InChI=1S/C9H7Br2FO2/c1-14-9(13)6-4-5(8(10)11)2-3-7(6)12/h2-4,8H,1H3. The second-order valence-corrected chi connectivity index (χ2v) is 5.59. The fourth-order valence-electron chi connectivity index (χ4n) is 0.945. The van der Waals surface area contributed by atoms with Crippen LogP contribution in [0.25, 0.3) is 0 Å². The van der Waals surface area contributed by atoms with Gasteiger partial charge in [0.2, 0.25) is 0 Å². The zero-order valence-electron chi connectivity index (χ0n) is 7.26. The van der Waals surface area contributed by atoms with Crippen molar-refractivity contribution < 1.29 is 13.9 Å². The Balaban J connectivity index is 3.15. The predicted octanol–water partition coefficient (Wildman–Crippen LogP) is 3.40. The van der Waals surface area contributed by atoms with E-state index in [-0.39, 0.29) is 9.30 Å². The van der Waals surface area contributed by atoms with Crippen molar-refractivity contribution in [2.45, 2.75) is 3.74 Å². The summed E-state index contributed by atoms with van der Waals surface area (Å²) < 4.78 is 17.5. The van der Waals surface area contributed by atoms with Crippen molar-refractivity contribution in [2.24, 2.45) is 0 Å². The van der Waals surface area contributed by atoms with Gasteiger partial charge in [0.25, 0.3) is 0 Å². The third-order valence-electron chi connectivity index (χ3n) is 1.65. The molecule has 0 spiro atoms. The maximum atomic E-state index is 13.1. The smallest absolute Gasteiger partial charge is 0.340 e. The molecule has 76 valence electrons. The van der Waals surface area contributed by atoms with E-state index >= 15 is 0 Å². The summed E-state index contributed by atoms with van der Waals surface area (Å²) >= 11 is 6.51. The predicted molar refractivity (Wildman–Crippen MR) is 58.3 cm³/mol. The average Bonchev–Trinajstić information content (AvgIpc) is 2.17. The summed E-state index contributed by atoms with van der Waals surface area (Å²) in [4.78, 5) is 11.1. The van der Waals surface area contributed by atoms with Crippen LogP contribution in [0.3, 0.4) is 0 Å². The van der Waals surface area contributed by atoms with Crippen LogP contribution in [0.15, 0.2) is 18.2 Å². The molecule has 2 nitrogen and oxygen atoms in total.